The minimum absolute atomic E-state index is 0.0761. The van der Waals surface area contributed by atoms with Gasteiger partial charge in [0.2, 0.25) is 0 Å². The van der Waals surface area contributed by atoms with E-state index in [0.29, 0.717) is 0 Å². The predicted molar refractivity (Wildman–Crippen MR) is 170 cm³/mol. The van der Waals surface area contributed by atoms with E-state index < -0.39 is 0 Å². The van der Waals surface area contributed by atoms with E-state index in [4.69, 9.17) is 4.98 Å². The molecule has 3 aliphatic heterocycles. The Morgan fingerprint density at radius 1 is 0.795 bits per heavy atom. The van der Waals surface area contributed by atoms with Gasteiger partial charge in [-0.05, 0) is 66.9 Å². The Morgan fingerprint density at radius 2 is 1.64 bits per heavy atom. The van der Waals surface area contributed by atoms with E-state index in [2.05, 4.69) is 129 Å². The number of pyridine rings is 1. The van der Waals surface area contributed by atoms with Crippen LogP contribution in [0, 0.1) is 0 Å². The zero-order chi connectivity index (χ0) is 25.8. The van der Waals surface area contributed by atoms with E-state index in [9.17, 15) is 0 Å². The standard InChI is InChI=1S/C31H23B2N5S/c1-2-10-26-25(9-1)34-17-7-5-15-32-37(26)22-13-14-29-23(19-22)24-20-31(35-21-30(24)39-29)38-28-12-4-3-11-27(28)36-18-8-6-16-33(36)38/h1-21,32,34H/b15-5-,17-7-. The van der Waals surface area contributed by atoms with Gasteiger partial charge < -0.3 is 19.7 Å². The van der Waals surface area contributed by atoms with Crippen LogP contribution in [0.15, 0.2) is 128 Å². The minimum Gasteiger partial charge on any atom is -0.384 e. The lowest BCUT2D eigenvalue weighted by atomic mass is 9.71. The number of hydrogen-bond acceptors (Lipinski definition) is 6. The Labute approximate surface area is 232 Å². The van der Waals surface area contributed by atoms with Gasteiger partial charge in [-0.25, -0.2) is 4.98 Å². The van der Waals surface area contributed by atoms with Crippen LogP contribution >= 0.6 is 11.3 Å². The molecule has 0 saturated heterocycles. The van der Waals surface area contributed by atoms with Crippen molar-refractivity contribution in [2.45, 2.75) is 0 Å². The number of thiophene rings is 1. The van der Waals surface area contributed by atoms with Crippen LogP contribution in [0.1, 0.15) is 0 Å². The number of hydrogen-bond donors (Lipinski definition) is 1. The van der Waals surface area contributed by atoms with E-state index in [-0.39, 0.29) is 6.98 Å². The molecule has 0 radical (unpaired) electrons. The second kappa shape index (κ2) is 8.96. The van der Waals surface area contributed by atoms with Crippen molar-refractivity contribution in [1.82, 2.24) is 4.98 Å². The van der Waals surface area contributed by atoms with Crippen LogP contribution in [0.3, 0.4) is 0 Å². The second-order valence-corrected chi connectivity index (χ2v) is 10.9. The summed E-state index contributed by atoms with van der Waals surface area (Å²) in [6.45, 7) is 0.0761. The monoisotopic (exact) mass is 519 g/mol. The molecule has 8 rings (SSSR count). The number of nitrogens with one attached hydrogen (secondary N) is 1. The molecule has 0 unspecified atom stereocenters. The normalized spacial score (nSPS) is 17.1. The van der Waals surface area contributed by atoms with E-state index in [0.717, 1.165) is 24.6 Å². The summed E-state index contributed by atoms with van der Waals surface area (Å²) >= 11 is 1.80. The molecule has 0 bridgehead atoms. The molecule has 0 amide bonds. The first-order chi connectivity index (χ1) is 19.3. The van der Waals surface area contributed by atoms with Crippen LogP contribution < -0.4 is 19.7 Å². The highest BCUT2D eigenvalue weighted by atomic mass is 32.1. The molecule has 0 fully saturated rings. The van der Waals surface area contributed by atoms with Gasteiger partial charge in [-0.2, -0.15) is 0 Å². The van der Waals surface area contributed by atoms with Gasteiger partial charge in [0.05, 0.1) is 27.4 Å². The Hall–Kier alpha value is -4.68. The molecular weight excluding hydrogens is 496 g/mol. The van der Waals surface area contributed by atoms with Crippen LogP contribution in [-0.4, -0.2) is 19.4 Å². The lowest BCUT2D eigenvalue weighted by Gasteiger charge is -2.26. The van der Waals surface area contributed by atoms with Crippen molar-refractivity contribution < 1.29 is 0 Å². The van der Waals surface area contributed by atoms with E-state index >= 15 is 0 Å². The van der Waals surface area contributed by atoms with Crippen molar-refractivity contribution in [3.63, 3.8) is 0 Å². The lowest BCUT2D eigenvalue weighted by Crippen LogP contribution is -2.43. The molecule has 0 saturated carbocycles. The summed E-state index contributed by atoms with van der Waals surface area (Å²) in [5.74, 6) is 5.38. The molecule has 39 heavy (non-hydrogen) atoms. The van der Waals surface area contributed by atoms with Gasteiger partial charge in [0.25, 0.3) is 7.41 Å². The highest BCUT2D eigenvalue weighted by Crippen LogP contribution is 2.45. The van der Waals surface area contributed by atoms with Crippen LogP contribution in [0.4, 0.5) is 34.3 Å². The summed E-state index contributed by atoms with van der Waals surface area (Å²) in [5, 5.41) is 5.93. The maximum absolute atomic E-state index is 4.97. The van der Waals surface area contributed by atoms with Gasteiger partial charge in [0.1, 0.15) is 5.82 Å². The fourth-order valence-corrected chi connectivity index (χ4v) is 6.82. The third-order valence-electron chi connectivity index (χ3n) is 7.56. The first kappa shape index (κ1) is 22.3. The SMILES string of the molecule is B1/C=C\C=C/Nc2ccccc2N1c1ccc2sc3cnc(N4B5C=CC=CN5c5ccccc54)cc3c2c1. The molecule has 0 aliphatic carbocycles. The quantitative estimate of drug-likeness (QED) is 0.245. The molecule has 0 spiro atoms. The smallest absolute Gasteiger partial charge is 0.384 e. The average molecular weight is 519 g/mol. The van der Waals surface area contributed by atoms with Crippen molar-refractivity contribution >= 4 is 80.2 Å². The molecular formula is C31H23B2N5S. The molecule has 184 valence electrons. The Balaban J connectivity index is 1.26. The van der Waals surface area contributed by atoms with Crippen LogP contribution in [0.25, 0.3) is 20.2 Å². The van der Waals surface area contributed by atoms with Crippen molar-refractivity contribution in [3.05, 3.63) is 128 Å². The van der Waals surface area contributed by atoms with Crippen molar-refractivity contribution in [3.8, 4) is 0 Å². The summed E-state index contributed by atoms with van der Waals surface area (Å²) in [6.07, 6.45) is 14.5. The fraction of sp³-hybridized carbons (Fsp3) is 0. The van der Waals surface area contributed by atoms with Crippen LogP contribution in [0.5, 0.6) is 0 Å². The highest BCUT2D eigenvalue weighted by Gasteiger charge is 2.40. The fourth-order valence-electron chi connectivity index (χ4n) is 5.78. The molecule has 3 aromatic carbocycles. The molecule has 0 atom stereocenters. The number of anilines is 6. The third-order valence-corrected chi connectivity index (χ3v) is 8.68. The van der Waals surface area contributed by atoms with E-state index in [1.54, 1.807) is 11.3 Å². The third kappa shape index (κ3) is 3.60. The predicted octanol–water partition coefficient (Wildman–Crippen LogP) is 7.46. The first-order valence-electron chi connectivity index (χ1n) is 13.1. The summed E-state index contributed by atoms with van der Waals surface area (Å²) in [4.78, 5) is 12.0. The van der Waals surface area contributed by atoms with Gasteiger partial charge in [-0.3, -0.25) is 0 Å². The number of para-hydroxylation sites is 4. The summed E-state index contributed by atoms with van der Waals surface area (Å²) in [5.41, 5.74) is 5.78. The Kier molecular flexibility index (Phi) is 5.13. The summed E-state index contributed by atoms with van der Waals surface area (Å²) < 4.78 is 2.47. The zero-order valence-electron chi connectivity index (χ0n) is 21.1. The maximum atomic E-state index is 4.97. The average Bonchev–Trinajstić information content (AvgIpc) is 3.54. The van der Waals surface area contributed by atoms with E-state index in [1.807, 2.05) is 18.5 Å². The van der Waals surface area contributed by atoms with Gasteiger partial charge in [0.15, 0.2) is 0 Å². The van der Waals surface area contributed by atoms with E-state index in [1.165, 1.54) is 37.2 Å². The van der Waals surface area contributed by atoms with Gasteiger partial charge >= 0.3 is 6.98 Å². The topological polar surface area (TPSA) is 34.6 Å². The van der Waals surface area contributed by atoms with Gasteiger partial charge in [-0.1, -0.05) is 48.4 Å². The Bertz CT molecular complexity index is 1870. The molecule has 8 heteroatoms. The summed E-state index contributed by atoms with van der Waals surface area (Å²) in [7, 11) is 0.783. The number of rotatable bonds is 2. The molecule has 3 aliphatic rings. The number of allylic oxidation sites excluding steroid dienone is 4. The number of nitrogens with zero attached hydrogens (tertiary/aromatic N) is 4. The summed E-state index contributed by atoms with van der Waals surface area (Å²) in [6, 6.07) is 26.1. The molecule has 1 N–H and O–H groups in total. The number of fused-ring (bicyclic) bond motifs is 7. The minimum atomic E-state index is 0.0761. The lowest BCUT2D eigenvalue weighted by molar-refractivity contribution is 1.26. The molecule has 5 heterocycles. The van der Waals surface area contributed by atoms with Crippen molar-refractivity contribution in [2.75, 3.05) is 19.7 Å². The number of benzene rings is 3. The molecule has 2 aromatic heterocycles. The first-order valence-corrected chi connectivity index (χ1v) is 14.0. The van der Waals surface area contributed by atoms with Crippen LogP contribution in [0.2, 0.25) is 0 Å². The number of aromatic nitrogens is 1. The van der Waals surface area contributed by atoms with Gasteiger partial charge in [0, 0.05) is 33.6 Å². The van der Waals surface area contributed by atoms with Crippen molar-refractivity contribution in [2.24, 2.45) is 0 Å². The maximum Gasteiger partial charge on any atom is 0.413 e. The molecule has 5 nitrogen and oxygen atoms in total. The molecule has 5 aromatic rings. The zero-order valence-corrected chi connectivity index (χ0v) is 21.9. The van der Waals surface area contributed by atoms with Crippen LogP contribution in [-0.2, 0) is 0 Å². The Morgan fingerprint density at radius 3 is 2.59 bits per heavy atom. The largest absolute Gasteiger partial charge is 0.413 e. The van der Waals surface area contributed by atoms with Gasteiger partial charge in [-0.15, -0.1) is 11.3 Å². The highest BCUT2D eigenvalue weighted by molar-refractivity contribution is 7.25. The van der Waals surface area contributed by atoms with Crippen molar-refractivity contribution in [1.29, 1.82) is 0 Å². The second-order valence-electron chi connectivity index (χ2n) is 9.79.